The summed E-state index contributed by atoms with van der Waals surface area (Å²) in [6.45, 7) is 9.31. The molecule has 1 aromatic rings. The van der Waals surface area contributed by atoms with Gasteiger partial charge in [0.15, 0.2) is 5.17 Å². The number of thioether (sulfide) groups is 1. The van der Waals surface area contributed by atoms with E-state index in [1.54, 1.807) is 11.8 Å². The zero-order valence-corrected chi connectivity index (χ0v) is 16.3. The fourth-order valence-electron chi connectivity index (χ4n) is 2.30. The van der Waals surface area contributed by atoms with Crippen molar-refractivity contribution in [2.75, 3.05) is 17.6 Å². The first-order valence-electron chi connectivity index (χ1n) is 8.84. The molecule has 136 valence electrons. The fraction of sp³-hybridized carbons (Fsp3) is 0.526. The molecule has 0 saturated heterocycles. The van der Waals surface area contributed by atoms with Gasteiger partial charge >= 0.3 is 0 Å². The van der Waals surface area contributed by atoms with Gasteiger partial charge in [0.2, 0.25) is 5.91 Å². The van der Waals surface area contributed by atoms with Crippen LogP contribution in [0.1, 0.15) is 46.1 Å². The average molecular weight is 361 g/mol. The van der Waals surface area contributed by atoms with Gasteiger partial charge in [-0.25, -0.2) is 0 Å². The number of amides is 1. The van der Waals surface area contributed by atoms with Crippen LogP contribution in [0.4, 0.5) is 5.69 Å². The third kappa shape index (κ3) is 6.90. The summed E-state index contributed by atoms with van der Waals surface area (Å²) in [5, 5.41) is 8.25. The molecule has 0 unspecified atom stereocenters. The molecule has 0 aliphatic carbocycles. The van der Waals surface area contributed by atoms with E-state index in [4.69, 9.17) is 0 Å². The number of hydrogen-bond donors (Lipinski definition) is 2. The van der Waals surface area contributed by atoms with Gasteiger partial charge in [-0.1, -0.05) is 51.6 Å². The Balaban J connectivity index is 1.90. The number of carbonyl (C=O) groups excluding carboxylic acids is 1. The molecule has 0 atom stereocenters. The van der Waals surface area contributed by atoms with Crippen molar-refractivity contribution in [1.82, 2.24) is 5.43 Å². The van der Waals surface area contributed by atoms with Gasteiger partial charge in [-0.15, -0.1) is 0 Å². The topological polar surface area (TPSA) is 65.8 Å². The molecule has 2 rings (SSSR count). The summed E-state index contributed by atoms with van der Waals surface area (Å²) in [5.74, 6) is 1.87. The molecule has 0 fully saturated rings. The van der Waals surface area contributed by atoms with E-state index in [2.05, 4.69) is 34.7 Å². The molecule has 5 nitrogen and oxygen atoms in total. The number of hydrogen-bond acceptors (Lipinski definition) is 4. The third-order valence-corrected chi connectivity index (χ3v) is 4.60. The molecule has 6 heteroatoms. The third-order valence-electron chi connectivity index (χ3n) is 3.69. The second kappa shape index (κ2) is 9.61. The molecule has 1 aliphatic heterocycles. The highest BCUT2D eigenvalue weighted by atomic mass is 32.2. The van der Waals surface area contributed by atoms with E-state index < -0.39 is 0 Å². The number of amidine groups is 1. The lowest BCUT2D eigenvalue weighted by molar-refractivity contribution is -0.116. The first-order valence-corrected chi connectivity index (χ1v) is 9.82. The lowest BCUT2D eigenvalue weighted by atomic mass is 10.1. The lowest BCUT2D eigenvalue weighted by Crippen LogP contribution is -2.25. The molecule has 0 saturated carbocycles. The Bertz CT molecular complexity index is 635. The maximum Gasteiger partial charge on any atom is 0.224 e. The second-order valence-electron chi connectivity index (χ2n) is 7.05. The second-order valence-corrected chi connectivity index (χ2v) is 8.02. The number of carbonyl (C=O) groups is 1. The van der Waals surface area contributed by atoms with Gasteiger partial charge in [0.25, 0.3) is 0 Å². The smallest absolute Gasteiger partial charge is 0.224 e. The highest BCUT2D eigenvalue weighted by molar-refractivity contribution is 8.14. The van der Waals surface area contributed by atoms with E-state index in [0.717, 1.165) is 40.8 Å². The quantitative estimate of drug-likeness (QED) is 0.769. The van der Waals surface area contributed by atoms with Crippen molar-refractivity contribution in [3.05, 3.63) is 29.8 Å². The first kappa shape index (κ1) is 19.5. The van der Waals surface area contributed by atoms with Crippen LogP contribution in [0.5, 0.6) is 0 Å². The maximum absolute atomic E-state index is 11.8. The van der Waals surface area contributed by atoms with Crippen molar-refractivity contribution in [3.8, 4) is 0 Å². The number of anilines is 1. The highest BCUT2D eigenvalue weighted by Gasteiger charge is 2.13. The van der Waals surface area contributed by atoms with Gasteiger partial charge in [0.1, 0.15) is 0 Å². The number of hydrazone groups is 1. The molecule has 0 radical (unpaired) electrons. The van der Waals surface area contributed by atoms with Crippen LogP contribution in [-0.2, 0) is 4.79 Å². The molecule has 0 spiro atoms. The van der Waals surface area contributed by atoms with Crippen molar-refractivity contribution >= 4 is 34.2 Å². The SMILES string of the molecule is CC(C)CCN=C1NN=C(c2ccc(NC(=O)CC(C)C)cc2)CS1. The van der Waals surface area contributed by atoms with Crippen LogP contribution in [0, 0.1) is 11.8 Å². The van der Waals surface area contributed by atoms with E-state index in [-0.39, 0.29) is 5.91 Å². The van der Waals surface area contributed by atoms with Crippen LogP contribution < -0.4 is 10.7 Å². The summed E-state index contributed by atoms with van der Waals surface area (Å²) >= 11 is 1.68. The number of benzene rings is 1. The number of nitrogens with one attached hydrogen (secondary N) is 2. The van der Waals surface area contributed by atoms with Crippen molar-refractivity contribution in [2.45, 2.75) is 40.5 Å². The van der Waals surface area contributed by atoms with Gasteiger partial charge < -0.3 is 5.32 Å². The van der Waals surface area contributed by atoms with Gasteiger partial charge in [-0.2, -0.15) is 5.10 Å². The minimum absolute atomic E-state index is 0.0530. The predicted molar refractivity (Wildman–Crippen MR) is 108 cm³/mol. The van der Waals surface area contributed by atoms with Gasteiger partial charge in [0, 0.05) is 24.4 Å². The fourth-order valence-corrected chi connectivity index (χ4v) is 3.10. The van der Waals surface area contributed by atoms with Crippen LogP contribution in [0.15, 0.2) is 34.4 Å². The maximum atomic E-state index is 11.8. The van der Waals surface area contributed by atoms with E-state index in [0.29, 0.717) is 18.3 Å². The Morgan fingerprint density at radius 2 is 1.96 bits per heavy atom. The summed E-state index contributed by atoms with van der Waals surface area (Å²) in [4.78, 5) is 16.3. The first-order chi connectivity index (χ1) is 11.9. The Kier molecular flexibility index (Phi) is 7.50. The molecule has 2 N–H and O–H groups in total. The zero-order chi connectivity index (χ0) is 18.2. The molecular weight excluding hydrogens is 332 g/mol. The highest BCUT2D eigenvalue weighted by Crippen LogP contribution is 2.17. The van der Waals surface area contributed by atoms with E-state index >= 15 is 0 Å². The number of aliphatic imine (C=N–C) groups is 1. The van der Waals surface area contributed by atoms with E-state index in [1.165, 1.54) is 0 Å². The summed E-state index contributed by atoms with van der Waals surface area (Å²) in [7, 11) is 0. The Hall–Kier alpha value is -1.82. The lowest BCUT2D eigenvalue weighted by Gasteiger charge is -2.15. The minimum Gasteiger partial charge on any atom is -0.326 e. The summed E-state index contributed by atoms with van der Waals surface area (Å²) in [5.41, 5.74) is 5.91. The molecule has 1 heterocycles. The molecule has 0 bridgehead atoms. The Morgan fingerprint density at radius 3 is 2.52 bits per heavy atom. The largest absolute Gasteiger partial charge is 0.326 e. The number of nitrogens with zero attached hydrogens (tertiary/aromatic N) is 2. The minimum atomic E-state index is 0.0530. The molecular formula is C19H28N4OS. The number of rotatable bonds is 7. The van der Waals surface area contributed by atoms with Crippen molar-refractivity contribution in [2.24, 2.45) is 21.9 Å². The Labute approximate surface area is 154 Å². The van der Waals surface area contributed by atoms with Crippen LogP contribution in [0.2, 0.25) is 0 Å². The van der Waals surface area contributed by atoms with Crippen molar-refractivity contribution in [1.29, 1.82) is 0 Å². The molecule has 1 aromatic carbocycles. The normalized spacial score (nSPS) is 16.1. The average Bonchev–Trinajstić information content (AvgIpc) is 2.55. The van der Waals surface area contributed by atoms with Crippen LogP contribution in [-0.4, -0.2) is 29.1 Å². The standard InChI is InChI=1S/C19H28N4OS/c1-13(2)9-10-20-19-23-22-17(12-25-19)15-5-7-16(8-6-15)21-18(24)11-14(3)4/h5-8,13-14H,9-12H2,1-4H3,(H,20,23)(H,21,24). The predicted octanol–water partition coefficient (Wildman–Crippen LogP) is 4.11. The molecule has 0 aromatic heterocycles. The van der Waals surface area contributed by atoms with Gasteiger partial charge in [0.05, 0.1) is 5.71 Å². The Morgan fingerprint density at radius 1 is 1.24 bits per heavy atom. The monoisotopic (exact) mass is 360 g/mol. The van der Waals surface area contributed by atoms with Crippen molar-refractivity contribution in [3.63, 3.8) is 0 Å². The van der Waals surface area contributed by atoms with Gasteiger partial charge in [-0.05, 0) is 36.0 Å². The summed E-state index contributed by atoms with van der Waals surface area (Å²) in [6.07, 6.45) is 1.63. The van der Waals surface area contributed by atoms with E-state index in [9.17, 15) is 4.79 Å². The summed E-state index contributed by atoms with van der Waals surface area (Å²) < 4.78 is 0. The van der Waals surface area contributed by atoms with Crippen molar-refractivity contribution < 1.29 is 4.79 Å². The van der Waals surface area contributed by atoms with Crippen LogP contribution in [0.25, 0.3) is 0 Å². The van der Waals surface area contributed by atoms with E-state index in [1.807, 2.05) is 38.1 Å². The van der Waals surface area contributed by atoms with Gasteiger partial charge in [-0.3, -0.25) is 15.2 Å². The van der Waals surface area contributed by atoms with Crippen LogP contribution >= 0.6 is 11.8 Å². The summed E-state index contributed by atoms with van der Waals surface area (Å²) in [6, 6.07) is 7.83. The molecule has 1 aliphatic rings. The molecule has 1 amide bonds. The zero-order valence-electron chi connectivity index (χ0n) is 15.5. The van der Waals surface area contributed by atoms with Crippen LogP contribution in [0.3, 0.4) is 0 Å². The molecule has 25 heavy (non-hydrogen) atoms.